The van der Waals surface area contributed by atoms with Crippen LogP contribution in [0.4, 0.5) is 4.39 Å². The van der Waals surface area contributed by atoms with Gasteiger partial charge in [0, 0.05) is 26.1 Å². The number of rotatable bonds is 7. The minimum absolute atomic E-state index is 0.113. The first-order valence-corrected chi connectivity index (χ1v) is 9.96. The van der Waals surface area contributed by atoms with Crippen LogP contribution < -0.4 is 5.32 Å². The molecule has 2 saturated heterocycles. The molecule has 144 valence electrons. The highest BCUT2D eigenvalue weighted by atomic mass is 19.1. The second-order valence-corrected chi connectivity index (χ2v) is 7.81. The van der Waals surface area contributed by atoms with Crippen molar-refractivity contribution < 1.29 is 13.9 Å². The van der Waals surface area contributed by atoms with E-state index in [9.17, 15) is 9.18 Å². The molecule has 0 spiro atoms. The lowest BCUT2D eigenvalue weighted by molar-refractivity contribution is -0.134. The number of ether oxygens (including phenoxy) is 1. The van der Waals surface area contributed by atoms with Crippen LogP contribution in [0, 0.1) is 17.7 Å². The Morgan fingerprint density at radius 1 is 1.35 bits per heavy atom. The normalized spacial score (nSPS) is 22.3. The maximum absolute atomic E-state index is 13.5. The standard InChI is InChI=1S/C21H31FN2O2/c1-16(18-7-9-23-10-8-18)12-21(25)24(15-20-6-3-11-26-20)14-17-4-2-5-19(22)13-17/h2,4-5,13,16,18,20,23H,3,6-12,14-15H2,1H3. The summed E-state index contributed by atoms with van der Waals surface area (Å²) in [6, 6.07) is 6.55. The van der Waals surface area contributed by atoms with Crippen LogP contribution in [-0.4, -0.2) is 43.2 Å². The molecular weight excluding hydrogens is 331 g/mol. The third-order valence-electron chi connectivity index (χ3n) is 5.75. The number of halogens is 1. The zero-order valence-electron chi connectivity index (χ0n) is 15.8. The van der Waals surface area contributed by atoms with Gasteiger partial charge in [-0.15, -0.1) is 0 Å². The van der Waals surface area contributed by atoms with E-state index in [0.717, 1.165) is 50.9 Å². The highest BCUT2D eigenvalue weighted by molar-refractivity contribution is 5.76. The fraction of sp³-hybridized carbons (Fsp3) is 0.667. The molecule has 1 aromatic carbocycles. The molecule has 0 bridgehead atoms. The number of hydrogen-bond donors (Lipinski definition) is 1. The van der Waals surface area contributed by atoms with E-state index in [-0.39, 0.29) is 17.8 Å². The van der Waals surface area contributed by atoms with E-state index in [1.54, 1.807) is 6.07 Å². The van der Waals surface area contributed by atoms with E-state index in [4.69, 9.17) is 4.74 Å². The fourth-order valence-electron chi connectivity index (χ4n) is 4.13. The summed E-state index contributed by atoms with van der Waals surface area (Å²) in [7, 11) is 0. The molecule has 2 unspecified atom stereocenters. The Labute approximate surface area is 156 Å². The third-order valence-corrected chi connectivity index (χ3v) is 5.75. The first kappa shape index (κ1) is 19.3. The monoisotopic (exact) mass is 362 g/mol. The molecular formula is C21H31FN2O2. The molecule has 5 heteroatoms. The first-order chi connectivity index (χ1) is 12.6. The molecule has 0 radical (unpaired) electrons. The fourth-order valence-corrected chi connectivity index (χ4v) is 4.13. The molecule has 0 saturated carbocycles. The summed E-state index contributed by atoms with van der Waals surface area (Å²) in [4.78, 5) is 14.9. The van der Waals surface area contributed by atoms with Crippen LogP contribution in [0.1, 0.15) is 44.6 Å². The lowest BCUT2D eigenvalue weighted by Crippen LogP contribution is -2.39. The maximum atomic E-state index is 13.5. The van der Waals surface area contributed by atoms with Gasteiger partial charge < -0.3 is 15.0 Å². The van der Waals surface area contributed by atoms with Gasteiger partial charge >= 0.3 is 0 Å². The van der Waals surface area contributed by atoms with E-state index in [1.807, 2.05) is 11.0 Å². The van der Waals surface area contributed by atoms with Crippen molar-refractivity contribution in [3.05, 3.63) is 35.6 Å². The Morgan fingerprint density at radius 2 is 2.15 bits per heavy atom. The topological polar surface area (TPSA) is 41.6 Å². The number of nitrogens with one attached hydrogen (secondary N) is 1. The molecule has 1 N–H and O–H groups in total. The Kier molecular flexibility index (Phi) is 7.03. The van der Waals surface area contributed by atoms with Gasteiger partial charge in [-0.3, -0.25) is 4.79 Å². The summed E-state index contributed by atoms with van der Waals surface area (Å²) in [5.74, 6) is 0.897. The molecule has 26 heavy (non-hydrogen) atoms. The van der Waals surface area contributed by atoms with Gasteiger partial charge in [0.15, 0.2) is 0 Å². The number of benzene rings is 1. The van der Waals surface area contributed by atoms with Gasteiger partial charge in [-0.1, -0.05) is 19.1 Å². The van der Waals surface area contributed by atoms with Crippen LogP contribution in [-0.2, 0) is 16.1 Å². The average Bonchev–Trinajstić information content (AvgIpc) is 3.15. The van der Waals surface area contributed by atoms with Crippen LogP contribution in [0.2, 0.25) is 0 Å². The van der Waals surface area contributed by atoms with Gasteiger partial charge in [0.1, 0.15) is 5.82 Å². The van der Waals surface area contributed by atoms with E-state index in [1.165, 1.54) is 12.1 Å². The van der Waals surface area contributed by atoms with Gasteiger partial charge in [-0.05, 0) is 68.3 Å². The van der Waals surface area contributed by atoms with Crippen molar-refractivity contribution in [1.82, 2.24) is 10.2 Å². The molecule has 0 aliphatic carbocycles. The minimum Gasteiger partial charge on any atom is -0.376 e. The van der Waals surface area contributed by atoms with Gasteiger partial charge in [0.2, 0.25) is 5.91 Å². The lowest BCUT2D eigenvalue weighted by atomic mass is 9.84. The lowest BCUT2D eigenvalue weighted by Gasteiger charge is -2.31. The second kappa shape index (κ2) is 9.47. The number of amides is 1. The Bertz CT molecular complexity index is 583. The number of piperidine rings is 1. The number of nitrogens with zero attached hydrogens (tertiary/aromatic N) is 1. The van der Waals surface area contributed by atoms with Crippen LogP contribution in [0.5, 0.6) is 0 Å². The SMILES string of the molecule is CC(CC(=O)N(Cc1cccc(F)c1)CC1CCCO1)C1CCNCC1. The summed E-state index contributed by atoms with van der Waals surface area (Å²) < 4.78 is 19.3. The number of carbonyl (C=O) groups excluding carboxylic acids is 1. The van der Waals surface area contributed by atoms with Crippen molar-refractivity contribution in [3.8, 4) is 0 Å². The van der Waals surface area contributed by atoms with Crippen LogP contribution in [0.3, 0.4) is 0 Å². The molecule has 2 aliphatic heterocycles. The molecule has 2 fully saturated rings. The van der Waals surface area contributed by atoms with E-state index in [2.05, 4.69) is 12.2 Å². The van der Waals surface area contributed by atoms with Gasteiger partial charge in [-0.25, -0.2) is 4.39 Å². The molecule has 1 amide bonds. The van der Waals surface area contributed by atoms with Crippen LogP contribution >= 0.6 is 0 Å². The number of carbonyl (C=O) groups is 1. The predicted molar refractivity (Wildman–Crippen MR) is 100 cm³/mol. The van der Waals surface area contributed by atoms with Crippen molar-refractivity contribution in [3.63, 3.8) is 0 Å². The third kappa shape index (κ3) is 5.52. The Morgan fingerprint density at radius 3 is 2.85 bits per heavy atom. The summed E-state index contributed by atoms with van der Waals surface area (Å²) in [5, 5.41) is 3.38. The van der Waals surface area contributed by atoms with Crippen molar-refractivity contribution in [2.24, 2.45) is 11.8 Å². The quantitative estimate of drug-likeness (QED) is 0.809. The molecule has 1 aromatic rings. The summed E-state index contributed by atoms with van der Waals surface area (Å²) in [6.07, 6.45) is 5.01. The zero-order valence-corrected chi connectivity index (χ0v) is 15.8. The number of hydrogen-bond acceptors (Lipinski definition) is 3. The second-order valence-electron chi connectivity index (χ2n) is 7.81. The summed E-state index contributed by atoms with van der Waals surface area (Å²) >= 11 is 0. The zero-order chi connectivity index (χ0) is 18.4. The predicted octanol–water partition coefficient (Wildman–Crippen LogP) is 3.36. The van der Waals surface area contributed by atoms with Crippen molar-refractivity contribution in [2.45, 2.75) is 51.7 Å². The van der Waals surface area contributed by atoms with E-state index >= 15 is 0 Å². The Balaban J connectivity index is 1.63. The summed E-state index contributed by atoms with van der Waals surface area (Å²) in [6.45, 7) is 6.13. The molecule has 2 atom stereocenters. The highest BCUT2D eigenvalue weighted by Crippen LogP contribution is 2.26. The molecule has 0 aromatic heterocycles. The molecule has 2 aliphatic rings. The van der Waals surface area contributed by atoms with Gasteiger partial charge in [0.25, 0.3) is 0 Å². The maximum Gasteiger partial charge on any atom is 0.223 e. The van der Waals surface area contributed by atoms with Crippen molar-refractivity contribution in [1.29, 1.82) is 0 Å². The van der Waals surface area contributed by atoms with Crippen LogP contribution in [0.25, 0.3) is 0 Å². The van der Waals surface area contributed by atoms with Gasteiger partial charge in [0.05, 0.1) is 6.10 Å². The molecule has 2 heterocycles. The van der Waals surface area contributed by atoms with E-state index < -0.39 is 0 Å². The van der Waals surface area contributed by atoms with Crippen molar-refractivity contribution >= 4 is 5.91 Å². The highest BCUT2D eigenvalue weighted by Gasteiger charge is 2.27. The smallest absolute Gasteiger partial charge is 0.223 e. The Hall–Kier alpha value is -1.46. The average molecular weight is 362 g/mol. The molecule has 4 nitrogen and oxygen atoms in total. The van der Waals surface area contributed by atoms with Crippen molar-refractivity contribution in [2.75, 3.05) is 26.2 Å². The van der Waals surface area contributed by atoms with Gasteiger partial charge in [-0.2, -0.15) is 0 Å². The van der Waals surface area contributed by atoms with Crippen LogP contribution in [0.15, 0.2) is 24.3 Å². The van der Waals surface area contributed by atoms with E-state index in [0.29, 0.717) is 31.3 Å². The largest absolute Gasteiger partial charge is 0.376 e. The molecule has 3 rings (SSSR count). The summed E-state index contributed by atoms with van der Waals surface area (Å²) in [5.41, 5.74) is 0.839. The first-order valence-electron chi connectivity index (χ1n) is 9.96. The minimum atomic E-state index is -0.255.